The summed E-state index contributed by atoms with van der Waals surface area (Å²) in [7, 11) is 1.77. The molecule has 0 amide bonds. The number of guanidine groups is 1. The molecule has 0 unspecified atom stereocenters. The molecular formula is C15H23N7S. The van der Waals surface area contributed by atoms with Gasteiger partial charge < -0.3 is 15.2 Å². The molecule has 0 bridgehead atoms. The maximum absolute atomic E-state index is 4.41. The molecule has 0 saturated carbocycles. The Bertz CT molecular complexity index is 673. The summed E-state index contributed by atoms with van der Waals surface area (Å²) in [6.45, 7) is 4.47. The Kier molecular flexibility index (Phi) is 5.22. The van der Waals surface area contributed by atoms with Crippen LogP contribution in [0.1, 0.15) is 41.3 Å². The second-order valence-corrected chi connectivity index (χ2v) is 6.69. The van der Waals surface area contributed by atoms with E-state index in [1.807, 2.05) is 6.20 Å². The first kappa shape index (κ1) is 15.9. The van der Waals surface area contributed by atoms with Gasteiger partial charge in [0, 0.05) is 31.1 Å². The van der Waals surface area contributed by atoms with E-state index in [9.17, 15) is 0 Å². The summed E-state index contributed by atoms with van der Waals surface area (Å²) in [5, 5.41) is 16.2. The Morgan fingerprint density at radius 1 is 1.30 bits per heavy atom. The molecule has 1 aliphatic heterocycles. The molecule has 0 fully saturated rings. The van der Waals surface area contributed by atoms with Crippen molar-refractivity contribution in [2.24, 2.45) is 4.99 Å². The molecule has 1 aliphatic rings. The summed E-state index contributed by atoms with van der Waals surface area (Å²) in [6, 6.07) is 0. The number of hydrogen-bond acceptors (Lipinski definition) is 5. The van der Waals surface area contributed by atoms with Crippen LogP contribution in [0.25, 0.3) is 0 Å². The molecule has 0 radical (unpaired) electrons. The van der Waals surface area contributed by atoms with Crippen LogP contribution in [0.4, 0.5) is 0 Å². The van der Waals surface area contributed by atoms with Crippen LogP contribution >= 0.6 is 11.3 Å². The number of nitrogens with zero attached hydrogens (tertiary/aromatic N) is 5. The Balaban J connectivity index is 1.52. The Hall–Kier alpha value is -1.96. The van der Waals surface area contributed by atoms with Crippen LogP contribution < -0.4 is 10.6 Å². The molecule has 0 aliphatic carbocycles. The summed E-state index contributed by atoms with van der Waals surface area (Å²) in [5.74, 6) is 2.84. The highest BCUT2D eigenvalue weighted by Gasteiger charge is 2.15. The number of rotatable bonds is 5. The lowest BCUT2D eigenvalue weighted by Crippen LogP contribution is -2.37. The SMILES string of the molecule is CCc1cnc(CNC(=NC)NCc2nnc3n2CCCC3)s1. The van der Waals surface area contributed by atoms with Gasteiger partial charge in [-0.25, -0.2) is 4.98 Å². The Morgan fingerprint density at radius 2 is 2.17 bits per heavy atom. The van der Waals surface area contributed by atoms with Gasteiger partial charge in [0.1, 0.15) is 10.8 Å². The van der Waals surface area contributed by atoms with Crippen molar-refractivity contribution in [1.82, 2.24) is 30.4 Å². The van der Waals surface area contributed by atoms with Gasteiger partial charge in [-0.15, -0.1) is 21.5 Å². The van der Waals surface area contributed by atoms with Gasteiger partial charge in [0.25, 0.3) is 0 Å². The highest BCUT2D eigenvalue weighted by Crippen LogP contribution is 2.14. The van der Waals surface area contributed by atoms with Crippen molar-refractivity contribution >= 4 is 17.3 Å². The second kappa shape index (κ2) is 7.54. The third-order valence-electron chi connectivity index (χ3n) is 3.93. The summed E-state index contributed by atoms with van der Waals surface area (Å²) in [6.07, 6.45) is 6.42. The van der Waals surface area contributed by atoms with Gasteiger partial charge in [0.15, 0.2) is 11.8 Å². The zero-order chi connectivity index (χ0) is 16.1. The molecular weight excluding hydrogens is 310 g/mol. The van der Waals surface area contributed by atoms with Crippen molar-refractivity contribution in [1.29, 1.82) is 0 Å². The number of aliphatic imine (C=N–C) groups is 1. The predicted octanol–water partition coefficient (Wildman–Crippen LogP) is 1.50. The van der Waals surface area contributed by atoms with Crippen molar-refractivity contribution in [3.8, 4) is 0 Å². The van der Waals surface area contributed by atoms with Crippen LogP contribution in [0.2, 0.25) is 0 Å². The fourth-order valence-corrected chi connectivity index (χ4v) is 3.44. The molecule has 2 aromatic rings. The zero-order valence-electron chi connectivity index (χ0n) is 13.7. The van der Waals surface area contributed by atoms with Crippen molar-refractivity contribution in [2.45, 2.75) is 52.2 Å². The van der Waals surface area contributed by atoms with Gasteiger partial charge in [-0.05, 0) is 19.3 Å². The average Bonchev–Trinajstić information content (AvgIpc) is 3.22. The van der Waals surface area contributed by atoms with Crippen molar-refractivity contribution in [2.75, 3.05) is 7.05 Å². The van der Waals surface area contributed by atoms with Crippen LogP contribution in [-0.2, 0) is 32.5 Å². The Labute approximate surface area is 140 Å². The number of aryl methyl sites for hydroxylation is 2. The van der Waals surface area contributed by atoms with Crippen molar-refractivity contribution in [3.63, 3.8) is 0 Å². The molecule has 7 nitrogen and oxygen atoms in total. The van der Waals surface area contributed by atoms with Crippen LogP contribution in [0.3, 0.4) is 0 Å². The van der Waals surface area contributed by atoms with Crippen LogP contribution in [0.15, 0.2) is 11.2 Å². The van der Waals surface area contributed by atoms with E-state index < -0.39 is 0 Å². The fraction of sp³-hybridized carbons (Fsp3) is 0.600. The number of thiazole rings is 1. The number of hydrogen-bond donors (Lipinski definition) is 2. The summed E-state index contributed by atoms with van der Waals surface area (Å²) in [4.78, 5) is 9.97. The van der Waals surface area contributed by atoms with E-state index in [-0.39, 0.29) is 0 Å². The molecule has 2 aromatic heterocycles. The molecule has 8 heteroatoms. The van der Waals surface area contributed by atoms with Crippen LogP contribution in [0.5, 0.6) is 0 Å². The summed E-state index contributed by atoms with van der Waals surface area (Å²) < 4.78 is 2.22. The highest BCUT2D eigenvalue weighted by atomic mass is 32.1. The fourth-order valence-electron chi connectivity index (χ4n) is 2.64. The van der Waals surface area contributed by atoms with E-state index in [1.54, 1.807) is 18.4 Å². The molecule has 23 heavy (non-hydrogen) atoms. The molecule has 3 heterocycles. The quantitative estimate of drug-likeness (QED) is 0.640. The van der Waals surface area contributed by atoms with Crippen molar-refractivity contribution in [3.05, 3.63) is 27.7 Å². The predicted molar refractivity (Wildman–Crippen MR) is 91.5 cm³/mol. The number of nitrogens with one attached hydrogen (secondary N) is 2. The van der Waals surface area contributed by atoms with E-state index in [0.717, 1.165) is 42.0 Å². The lowest BCUT2D eigenvalue weighted by molar-refractivity contribution is 0.504. The molecule has 0 atom stereocenters. The van der Waals surface area contributed by atoms with Crippen molar-refractivity contribution < 1.29 is 0 Å². The topological polar surface area (TPSA) is 80.0 Å². The van der Waals surface area contributed by atoms with Crippen LogP contribution in [0, 0.1) is 0 Å². The normalized spacial score (nSPS) is 14.6. The maximum Gasteiger partial charge on any atom is 0.191 e. The first-order chi connectivity index (χ1) is 11.3. The van der Waals surface area contributed by atoms with Gasteiger partial charge >= 0.3 is 0 Å². The van der Waals surface area contributed by atoms with Crippen LogP contribution in [-0.4, -0.2) is 32.8 Å². The third-order valence-corrected chi connectivity index (χ3v) is 5.07. The van der Waals surface area contributed by atoms with Gasteiger partial charge in [0.2, 0.25) is 0 Å². The van der Waals surface area contributed by atoms with Gasteiger partial charge in [-0.2, -0.15) is 0 Å². The largest absolute Gasteiger partial charge is 0.350 e. The Morgan fingerprint density at radius 3 is 2.96 bits per heavy atom. The first-order valence-electron chi connectivity index (χ1n) is 8.09. The van der Waals surface area contributed by atoms with E-state index in [1.165, 1.54) is 17.7 Å². The minimum Gasteiger partial charge on any atom is -0.350 e. The molecule has 3 rings (SSSR count). The second-order valence-electron chi connectivity index (χ2n) is 5.49. The van der Waals surface area contributed by atoms with E-state index in [0.29, 0.717) is 13.1 Å². The number of aromatic nitrogens is 4. The average molecular weight is 333 g/mol. The minimum absolute atomic E-state index is 0.630. The van der Waals surface area contributed by atoms with E-state index in [2.05, 4.69) is 42.3 Å². The molecule has 2 N–H and O–H groups in total. The standard InChI is InChI=1S/C15H23N7S/c1-3-11-8-17-14(23-11)10-19-15(16-2)18-9-13-21-20-12-6-4-5-7-22(12)13/h8H,3-7,9-10H2,1-2H3,(H2,16,18,19). The molecule has 0 spiro atoms. The van der Waals surface area contributed by atoms with Gasteiger partial charge in [0.05, 0.1) is 13.1 Å². The minimum atomic E-state index is 0.630. The summed E-state index contributed by atoms with van der Waals surface area (Å²) >= 11 is 1.74. The molecule has 0 saturated heterocycles. The van der Waals surface area contributed by atoms with Gasteiger partial charge in [-0.1, -0.05) is 6.92 Å². The number of fused-ring (bicyclic) bond motifs is 1. The lowest BCUT2D eigenvalue weighted by Gasteiger charge is -2.15. The van der Waals surface area contributed by atoms with E-state index >= 15 is 0 Å². The zero-order valence-corrected chi connectivity index (χ0v) is 14.5. The third kappa shape index (κ3) is 3.87. The maximum atomic E-state index is 4.41. The first-order valence-corrected chi connectivity index (χ1v) is 8.91. The lowest BCUT2D eigenvalue weighted by atomic mass is 10.2. The van der Waals surface area contributed by atoms with E-state index in [4.69, 9.17) is 0 Å². The molecule has 0 aromatic carbocycles. The smallest absolute Gasteiger partial charge is 0.191 e. The summed E-state index contributed by atoms with van der Waals surface area (Å²) in [5.41, 5.74) is 0. The van der Waals surface area contributed by atoms with Gasteiger partial charge in [-0.3, -0.25) is 4.99 Å². The monoisotopic (exact) mass is 333 g/mol. The highest BCUT2D eigenvalue weighted by molar-refractivity contribution is 7.11. The molecule has 124 valence electrons.